The van der Waals surface area contributed by atoms with Crippen LogP contribution in [0.1, 0.15) is 22.8 Å². The second-order valence-corrected chi connectivity index (χ2v) is 5.54. The maximum Gasteiger partial charge on any atom is 0.131 e. The Kier molecular flexibility index (Phi) is 4.50. The molecule has 0 spiro atoms. The molecule has 5 heteroatoms. The number of aryl methyl sites for hydroxylation is 1. The normalized spacial score (nSPS) is 12.5. The minimum atomic E-state index is -1.16. The van der Waals surface area contributed by atoms with Gasteiger partial charge in [0, 0.05) is 22.5 Å². The fourth-order valence-electron chi connectivity index (χ4n) is 2.00. The average molecular weight is 345 g/mol. The standard InChI is InChI=1S/C15H12BrF3O/c1-8-2-12(14(19)7-13(8)18)15(20)5-9-3-10(16)6-11(17)4-9/h2-4,6-7,15,20H,5H2,1H3. The van der Waals surface area contributed by atoms with Crippen LogP contribution in [0.15, 0.2) is 34.8 Å². The summed E-state index contributed by atoms with van der Waals surface area (Å²) in [5.74, 6) is -1.92. The number of aliphatic hydroxyl groups is 1. The number of rotatable bonds is 3. The highest BCUT2D eigenvalue weighted by Gasteiger charge is 2.16. The molecule has 1 unspecified atom stereocenters. The van der Waals surface area contributed by atoms with Gasteiger partial charge in [0.2, 0.25) is 0 Å². The van der Waals surface area contributed by atoms with Crippen LogP contribution in [-0.2, 0) is 6.42 Å². The van der Waals surface area contributed by atoms with Crippen LogP contribution in [0.2, 0.25) is 0 Å². The van der Waals surface area contributed by atoms with E-state index in [1.54, 1.807) is 6.07 Å². The predicted octanol–water partition coefficient (Wildman–Crippen LogP) is 4.45. The lowest BCUT2D eigenvalue weighted by atomic mass is 9.99. The molecule has 0 bridgehead atoms. The van der Waals surface area contributed by atoms with Gasteiger partial charge in [-0.25, -0.2) is 13.2 Å². The van der Waals surface area contributed by atoms with Crippen LogP contribution in [0.25, 0.3) is 0 Å². The first-order valence-electron chi connectivity index (χ1n) is 5.95. The topological polar surface area (TPSA) is 20.2 Å². The number of benzene rings is 2. The van der Waals surface area contributed by atoms with E-state index >= 15 is 0 Å². The summed E-state index contributed by atoms with van der Waals surface area (Å²) in [6, 6.07) is 6.21. The van der Waals surface area contributed by atoms with Crippen molar-refractivity contribution in [3.63, 3.8) is 0 Å². The van der Waals surface area contributed by atoms with E-state index < -0.39 is 23.6 Å². The van der Waals surface area contributed by atoms with Gasteiger partial charge in [0.15, 0.2) is 0 Å². The van der Waals surface area contributed by atoms with Gasteiger partial charge in [-0.15, -0.1) is 0 Å². The summed E-state index contributed by atoms with van der Waals surface area (Å²) in [5, 5.41) is 10.1. The van der Waals surface area contributed by atoms with Gasteiger partial charge in [-0.3, -0.25) is 0 Å². The molecule has 0 saturated carbocycles. The van der Waals surface area contributed by atoms with Gasteiger partial charge >= 0.3 is 0 Å². The first-order chi connectivity index (χ1) is 9.36. The van der Waals surface area contributed by atoms with Crippen molar-refractivity contribution in [3.8, 4) is 0 Å². The molecule has 1 atom stereocenters. The molecular weight excluding hydrogens is 333 g/mol. The Balaban J connectivity index is 2.28. The molecule has 0 heterocycles. The zero-order valence-electron chi connectivity index (χ0n) is 10.6. The molecular formula is C15H12BrF3O. The van der Waals surface area contributed by atoms with Crippen LogP contribution in [0.4, 0.5) is 13.2 Å². The molecule has 0 aliphatic heterocycles. The molecule has 106 valence electrons. The smallest absolute Gasteiger partial charge is 0.131 e. The highest BCUT2D eigenvalue weighted by molar-refractivity contribution is 9.10. The van der Waals surface area contributed by atoms with Gasteiger partial charge in [-0.2, -0.15) is 0 Å². The fourth-order valence-corrected chi connectivity index (χ4v) is 2.51. The predicted molar refractivity (Wildman–Crippen MR) is 73.9 cm³/mol. The molecule has 0 saturated heterocycles. The molecule has 20 heavy (non-hydrogen) atoms. The van der Waals surface area contributed by atoms with Crippen molar-refractivity contribution in [1.29, 1.82) is 0 Å². The molecule has 1 nitrogen and oxygen atoms in total. The Hall–Kier alpha value is -1.33. The Morgan fingerprint density at radius 2 is 1.75 bits per heavy atom. The quantitative estimate of drug-likeness (QED) is 0.871. The Morgan fingerprint density at radius 3 is 2.40 bits per heavy atom. The van der Waals surface area contributed by atoms with Crippen LogP contribution in [0.5, 0.6) is 0 Å². The van der Waals surface area contributed by atoms with Gasteiger partial charge in [-0.1, -0.05) is 15.9 Å². The molecule has 2 aromatic carbocycles. The fraction of sp³-hybridized carbons (Fsp3) is 0.200. The van der Waals surface area contributed by atoms with E-state index in [9.17, 15) is 18.3 Å². The van der Waals surface area contributed by atoms with Crippen LogP contribution in [0.3, 0.4) is 0 Å². The molecule has 0 amide bonds. The Bertz CT molecular complexity index is 623. The molecule has 0 aliphatic carbocycles. The van der Waals surface area contributed by atoms with E-state index in [0.29, 0.717) is 10.0 Å². The molecule has 2 aromatic rings. The van der Waals surface area contributed by atoms with Crippen molar-refractivity contribution >= 4 is 15.9 Å². The van der Waals surface area contributed by atoms with Crippen LogP contribution in [0, 0.1) is 24.4 Å². The maximum atomic E-state index is 13.7. The highest BCUT2D eigenvalue weighted by atomic mass is 79.9. The third-order valence-corrected chi connectivity index (χ3v) is 3.45. The number of halogens is 4. The van der Waals surface area contributed by atoms with Gasteiger partial charge in [0.25, 0.3) is 0 Å². The summed E-state index contributed by atoms with van der Waals surface area (Å²) in [5.41, 5.74) is 0.774. The van der Waals surface area contributed by atoms with Gasteiger partial charge in [-0.05, 0) is 42.3 Å². The minimum absolute atomic E-state index is 0.00397. The lowest BCUT2D eigenvalue weighted by molar-refractivity contribution is 0.173. The van der Waals surface area contributed by atoms with E-state index in [-0.39, 0.29) is 17.5 Å². The van der Waals surface area contributed by atoms with Gasteiger partial charge < -0.3 is 5.11 Å². The van der Waals surface area contributed by atoms with Crippen LogP contribution < -0.4 is 0 Å². The zero-order chi connectivity index (χ0) is 14.9. The molecule has 0 aromatic heterocycles. The summed E-state index contributed by atoms with van der Waals surface area (Å²) in [4.78, 5) is 0. The lowest BCUT2D eigenvalue weighted by Gasteiger charge is -2.13. The molecule has 0 radical (unpaired) electrons. The average Bonchev–Trinajstić information content (AvgIpc) is 2.32. The van der Waals surface area contributed by atoms with Crippen molar-refractivity contribution in [2.24, 2.45) is 0 Å². The molecule has 0 aliphatic rings. The third-order valence-electron chi connectivity index (χ3n) is 2.99. The number of hydrogen-bond donors (Lipinski definition) is 1. The third kappa shape index (κ3) is 3.41. The van der Waals surface area contributed by atoms with Gasteiger partial charge in [0.05, 0.1) is 6.10 Å². The lowest BCUT2D eigenvalue weighted by Crippen LogP contribution is -2.06. The van der Waals surface area contributed by atoms with Gasteiger partial charge in [0.1, 0.15) is 17.5 Å². The summed E-state index contributed by atoms with van der Waals surface area (Å²) < 4.78 is 40.6. The SMILES string of the molecule is Cc1cc(C(O)Cc2cc(F)cc(Br)c2)c(F)cc1F. The second kappa shape index (κ2) is 5.97. The van der Waals surface area contributed by atoms with Crippen molar-refractivity contribution in [2.75, 3.05) is 0 Å². The zero-order valence-corrected chi connectivity index (χ0v) is 12.2. The van der Waals surface area contributed by atoms with Crippen molar-refractivity contribution in [3.05, 3.63) is 68.9 Å². The summed E-state index contributed by atoms with van der Waals surface area (Å²) in [6.45, 7) is 1.49. The van der Waals surface area contributed by atoms with Crippen molar-refractivity contribution in [2.45, 2.75) is 19.4 Å². The van der Waals surface area contributed by atoms with Crippen molar-refractivity contribution < 1.29 is 18.3 Å². The van der Waals surface area contributed by atoms with Crippen LogP contribution >= 0.6 is 15.9 Å². The highest BCUT2D eigenvalue weighted by Crippen LogP contribution is 2.25. The summed E-state index contributed by atoms with van der Waals surface area (Å²) in [7, 11) is 0. The van der Waals surface area contributed by atoms with E-state index in [1.165, 1.54) is 25.1 Å². The number of hydrogen-bond acceptors (Lipinski definition) is 1. The maximum absolute atomic E-state index is 13.7. The monoisotopic (exact) mass is 344 g/mol. The Labute approximate surface area is 123 Å². The van der Waals surface area contributed by atoms with E-state index in [1.807, 2.05) is 0 Å². The molecule has 2 rings (SSSR count). The summed E-state index contributed by atoms with van der Waals surface area (Å²) in [6.07, 6.45) is -1.12. The van der Waals surface area contributed by atoms with Crippen LogP contribution in [-0.4, -0.2) is 5.11 Å². The first-order valence-corrected chi connectivity index (χ1v) is 6.74. The van der Waals surface area contributed by atoms with E-state index in [0.717, 1.165) is 6.07 Å². The van der Waals surface area contributed by atoms with Crippen molar-refractivity contribution in [1.82, 2.24) is 0 Å². The van der Waals surface area contributed by atoms with E-state index in [2.05, 4.69) is 15.9 Å². The molecule has 1 N–H and O–H groups in total. The summed E-state index contributed by atoms with van der Waals surface area (Å²) >= 11 is 3.15. The number of aliphatic hydroxyl groups excluding tert-OH is 1. The first kappa shape index (κ1) is 15.1. The second-order valence-electron chi connectivity index (χ2n) is 4.62. The van der Waals surface area contributed by atoms with E-state index in [4.69, 9.17) is 0 Å². The Morgan fingerprint density at radius 1 is 1.05 bits per heavy atom. The minimum Gasteiger partial charge on any atom is -0.388 e. The molecule has 0 fully saturated rings. The largest absolute Gasteiger partial charge is 0.388 e.